The van der Waals surface area contributed by atoms with E-state index < -0.39 is 11.9 Å². The van der Waals surface area contributed by atoms with Gasteiger partial charge in [-0.05, 0) is 50.1 Å². The van der Waals surface area contributed by atoms with Crippen LogP contribution in [0.3, 0.4) is 0 Å². The molecule has 0 saturated heterocycles. The molecule has 29 heavy (non-hydrogen) atoms. The first kappa shape index (κ1) is 20.7. The lowest BCUT2D eigenvalue weighted by Gasteiger charge is -2.10. The monoisotopic (exact) mass is 421 g/mol. The molecule has 3 rings (SSSR count). The van der Waals surface area contributed by atoms with Crippen LogP contribution >= 0.6 is 11.3 Å². The number of benzene rings is 1. The minimum absolute atomic E-state index is 0.00270. The van der Waals surface area contributed by atoms with E-state index in [0.717, 1.165) is 28.3 Å². The molecule has 1 aromatic carbocycles. The van der Waals surface area contributed by atoms with E-state index in [9.17, 15) is 18.0 Å². The highest BCUT2D eigenvalue weighted by atomic mass is 32.1. The summed E-state index contributed by atoms with van der Waals surface area (Å²) in [4.78, 5) is 24.4. The molecule has 0 bridgehead atoms. The van der Waals surface area contributed by atoms with Gasteiger partial charge in [0, 0.05) is 24.1 Å². The zero-order chi connectivity index (χ0) is 21.2. The molecular formula is C19H18F3N5OS. The van der Waals surface area contributed by atoms with Crippen LogP contribution in [0.4, 0.5) is 24.8 Å². The summed E-state index contributed by atoms with van der Waals surface area (Å²) in [5.41, 5.74) is 1.16. The third-order valence-corrected chi connectivity index (χ3v) is 4.73. The highest BCUT2D eigenvalue weighted by Crippen LogP contribution is 2.31. The van der Waals surface area contributed by atoms with Crippen LogP contribution in [0.15, 0.2) is 36.7 Å². The molecule has 0 aliphatic rings. The Morgan fingerprint density at radius 1 is 1.17 bits per heavy atom. The van der Waals surface area contributed by atoms with Gasteiger partial charge in [0.1, 0.15) is 5.69 Å². The largest absolute Gasteiger partial charge is 0.433 e. The van der Waals surface area contributed by atoms with E-state index in [-0.39, 0.29) is 17.9 Å². The lowest BCUT2D eigenvalue weighted by Crippen LogP contribution is -2.29. The van der Waals surface area contributed by atoms with Crippen LogP contribution in [-0.2, 0) is 6.18 Å². The van der Waals surface area contributed by atoms with E-state index in [2.05, 4.69) is 25.6 Å². The number of aromatic nitrogens is 3. The summed E-state index contributed by atoms with van der Waals surface area (Å²) in [7, 11) is 0. The Morgan fingerprint density at radius 2 is 1.93 bits per heavy atom. The second kappa shape index (κ2) is 8.16. The molecule has 6 nitrogen and oxygen atoms in total. The quantitative estimate of drug-likeness (QED) is 0.618. The van der Waals surface area contributed by atoms with Gasteiger partial charge < -0.3 is 10.6 Å². The number of anilines is 2. The number of aryl methyl sites for hydroxylation is 1. The molecular weight excluding hydrogens is 403 g/mol. The van der Waals surface area contributed by atoms with Crippen LogP contribution in [0.25, 0.3) is 10.4 Å². The van der Waals surface area contributed by atoms with Gasteiger partial charge >= 0.3 is 6.18 Å². The highest BCUT2D eigenvalue weighted by Gasteiger charge is 2.32. The van der Waals surface area contributed by atoms with Crippen molar-refractivity contribution in [2.45, 2.75) is 33.0 Å². The van der Waals surface area contributed by atoms with Gasteiger partial charge in [0.05, 0.1) is 4.88 Å². The van der Waals surface area contributed by atoms with Gasteiger partial charge in [-0.15, -0.1) is 11.3 Å². The normalized spacial score (nSPS) is 11.6. The number of amides is 1. The summed E-state index contributed by atoms with van der Waals surface area (Å²) >= 11 is 1.23. The van der Waals surface area contributed by atoms with Gasteiger partial charge in [0.15, 0.2) is 5.01 Å². The molecule has 0 unspecified atom stereocenters. The Hall–Kier alpha value is -3.01. The van der Waals surface area contributed by atoms with E-state index in [1.807, 2.05) is 26.8 Å². The summed E-state index contributed by atoms with van der Waals surface area (Å²) in [6.07, 6.45) is -1.90. The van der Waals surface area contributed by atoms with Crippen molar-refractivity contribution in [3.63, 3.8) is 0 Å². The molecule has 2 aromatic heterocycles. The van der Waals surface area contributed by atoms with E-state index in [1.165, 1.54) is 11.3 Å². The van der Waals surface area contributed by atoms with Crippen LogP contribution in [0.2, 0.25) is 0 Å². The lowest BCUT2D eigenvalue weighted by atomic mass is 10.1. The Morgan fingerprint density at radius 3 is 2.62 bits per heavy atom. The second-order valence-corrected chi connectivity index (χ2v) is 7.66. The Labute approximate surface area is 169 Å². The molecule has 2 N–H and O–H groups in total. The summed E-state index contributed by atoms with van der Waals surface area (Å²) in [5, 5.41) is 5.93. The molecule has 0 radical (unpaired) electrons. The average Bonchev–Trinajstić information content (AvgIpc) is 3.10. The molecule has 3 aromatic rings. The van der Waals surface area contributed by atoms with Crippen molar-refractivity contribution in [1.82, 2.24) is 20.3 Å². The van der Waals surface area contributed by atoms with Crippen LogP contribution in [0, 0.1) is 6.92 Å². The zero-order valence-corrected chi connectivity index (χ0v) is 16.6. The summed E-state index contributed by atoms with van der Waals surface area (Å²) in [6, 6.07) is 6.22. The maximum atomic E-state index is 12.8. The Kier molecular flexibility index (Phi) is 5.83. The molecule has 0 fully saturated rings. The molecule has 0 saturated carbocycles. The molecule has 0 aliphatic heterocycles. The molecule has 0 aliphatic carbocycles. The summed E-state index contributed by atoms with van der Waals surface area (Å²) < 4.78 is 38.5. The number of nitrogens with one attached hydrogen (secondary N) is 2. The zero-order valence-electron chi connectivity index (χ0n) is 15.8. The predicted octanol–water partition coefficient (Wildman–Crippen LogP) is 4.81. The van der Waals surface area contributed by atoms with Gasteiger partial charge in [-0.3, -0.25) is 4.79 Å². The first-order valence-electron chi connectivity index (χ1n) is 8.68. The van der Waals surface area contributed by atoms with Crippen LogP contribution in [0.5, 0.6) is 0 Å². The fourth-order valence-corrected chi connectivity index (χ4v) is 3.35. The first-order valence-corrected chi connectivity index (χ1v) is 9.49. The summed E-state index contributed by atoms with van der Waals surface area (Å²) in [6.45, 7) is 5.58. The van der Waals surface area contributed by atoms with Gasteiger partial charge in [0.2, 0.25) is 5.95 Å². The standard InChI is InChI=1S/C19H18F3N5OS/c1-10(2)25-16(28)17-24-9-14(29-17)12-6-11(3)7-13(8-12)26-18-23-5-4-15(27-18)19(20,21)22/h4-10H,1-3H3,(H,25,28)(H,23,26,27). The van der Waals surface area contributed by atoms with Crippen molar-refractivity contribution in [3.8, 4) is 10.4 Å². The van der Waals surface area contributed by atoms with Crippen LogP contribution < -0.4 is 10.6 Å². The number of hydrogen-bond donors (Lipinski definition) is 2. The lowest BCUT2D eigenvalue weighted by molar-refractivity contribution is -0.141. The molecule has 0 spiro atoms. The molecule has 1 amide bonds. The average molecular weight is 421 g/mol. The maximum Gasteiger partial charge on any atom is 0.433 e. The molecule has 0 atom stereocenters. The van der Waals surface area contributed by atoms with Crippen molar-refractivity contribution in [3.05, 3.63) is 52.9 Å². The van der Waals surface area contributed by atoms with Crippen molar-refractivity contribution in [2.24, 2.45) is 0 Å². The number of alkyl halides is 3. The van der Waals surface area contributed by atoms with Crippen molar-refractivity contribution in [2.75, 3.05) is 5.32 Å². The van der Waals surface area contributed by atoms with Gasteiger partial charge in [-0.1, -0.05) is 6.07 Å². The highest BCUT2D eigenvalue weighted by molar-refractivity contribution is 7.17. The second-order valence-electron chi connectivity index (χ2n) is 6.63. The number of carbonyl (C=O) groups excluding carboxylic acids is 1. The fourth-order valence-electron chi connectivity index (χ4n) is 2.54. The smallest absolute Gasteiger partial charge is 0.348 e. The Balaban J connectivity index is 1.86. The number of hydrogen-bond acceptors (Lipinski definition) is 6. The summed E-state index contributed by atoms with van der Waals surface area (Å²) in [5.74, 6) is -0.405. The van der Waals surface area contributed by atoms with E-state index >= 15 is 0 Å². The van der Waals surface area contributed by atoms with E-state index in [4.69, 9.17) is 0 Å². The van der Waals surface area contributed by atoms with Crippen molar-refractivity contribution in [1.29, 1.82) is 0 Å². The minimum atomic E-state index is -4.55. The van der Waals surface area contributed by atoms with E-state index in [1.54, 1.807) is 18.3 Å². The van der Waals surface area contributed by atoms with E-state index in [0.29, 0.717) is 10.7 Å². The number of thiazole rings is 1. The molecule has 2 heterocycles. The molecule has 152 valence electrons. The minimum Gasteiger partial charge on any atom is -0.348 e. The topological polar surface area (TPSA) is 79.8 Å². The predicted molar refractivity (Wildman–Crippen MR) is 105 cm³/mol. The third-order valence-electron chi connectivity index (χ3n) is 3.68. The van der Waals surface area contributed by atoms with Gasteiger partial charge in [0.25, 0.3) is 5.91 Å². The van der Waals surface area contributed by atoms with Crippen molar-refractivity contribution >= 4 is 28.9 Å². The van der Waals surface area contributed by atoms with Crippen LogP contribution in [-0.4, -0.2) is 26.9 Å². The maximum absolute atomic E-state index is 12.8. The van der Waals surface area contributed by atoms with Crippen molar-refractivity contribution < 1.29 is 18.0 Å². The van der Waals surface area contributed by atoms with Gasteiger partial charge in [-0.25, -0.2) is 15.0 Å². The van der Waals surface area contributed by atoms with Crippen LogP contribution in [0.1, 0.15) is 34.9 Å². The number of halogens is 3. The Bertz CT molecular complexity index is 1030. The number of nitrogens with zero attached hydrogens (tertiary/aromatic N) is 3. The first-order chi connectivity index (χ1) is 13.6. The number of rotatable bonds is 5. The number of carbonyl (C=O) groups is 1. The van der Waals surface area contributed by atoms with Gasteiger partial charge in [-0.2, -0.15) is 13.2 Å². The SMILES string of the molecule is Cc1cc(Nc2nccc(C(F)(F)F)n2)cc(-c2cnc(C(=O)NC(C)C)s2)c1. The molecule has 10 heteroatoms. The third kappa shape index (κ3) is 5.29. The fraction of sp³-hybridized carbons (Fsp3) is 0.263.